The van der Waals surface area contributed by atoms with E-state index in [1.165, 1.54) is 38.1 Å². The molecule has 1 aliphatic carbocycles. The topological polar surface area (TPSA) is 99.2 Å². The van der Waals surface area contributed by atoms with Gasteiger partial charge in [0.2, 0.25) is 0 Å². The molecule has 0 unspecified atom stereocenters. The summed E-state index contributed by atoms with van der Waals surface area (Å²) in [4.78, 5) is 51.6. The second kappa shape index (κ2) is 8.08. The molecule has 0 spiro atoms. The van der Waals surface area contributed by atoms with Crippen LogP contribution >= 0.6 is 0 Å². The third-order valence-electron chi connectivity index (χ3n) is 4.02. The zero-order valence-corrected chi connectivity index (χ0v) is 15.5. The van der Waals surface area contributed by atoms with Crippen LogP contribution in [0.15, 0.2) is 35.5 Å². The number of ether oxygens (including phenoxy) is 2. The molecule has 0 radical (unpaired) electrons. The van der Waals surface area contributed by atoms with E-state index in [9.17, 15) is 19.2 Å². The molecule has 1 amide bonds. The predicted octanol–water partition coefficient (Wildman–Crippen LogP) is 2.68. The van der Waals surface area contributed by atoms with Crippen molar-refractivity contribution in [3.8, 4) is 11.5 Å². The molecule has 1 saturated heterocycles. The zero-order chi connectivity index (χ0) is 20.3. The number of carbonyl (C=O) groups is 4. The Bertz CT molecular complexity index is 907. The number of allylic oxidation sites excluding steroid dienone is 2. The molecule has 1 aromatic rings. The molecule has 3 rings (SSSR count). The van der Waals surface area contributed by atoms with Gasteiger partial charge in [-0.2, -0.15) is 0 Å². The fourth-order valence-corrected chi connectivity index (χ4v) is 2.74. The SMILES string of the molecule is CC(=O)Oc1ccc(/C=C/C(=O)ON2C(=O)CCC2=C2CC2)cc1OC(C)=O. The van der Waals surface area contributed by atoms with Gasteiger partial charge in [0.1, 0.15) is 0 Å². The number of amides is 1. The predicted molar refractivity (Wildman–Crippen MR) is 96.5 cm³/mol. The number of hydroxylamine groups is 2. The Morgan fingerprint density at radius 3 is 2.29 bits per heavy atom. The minimum Gasteiger partial charge on any atom is -0.423 e. The molecule has 2 aliphatic rings. The maximum absolute atomic E-state index is 12.1. The van der Waals surface area contributed by atoms with E-state index in [2.05, 4.69) is 0 Å². The Hall–Kier alpha value is -3.42. The summed E-state index contributed by atoms with van der Waals surface area (Å²) in [6.45, 7) is 2.45. The van der Waals surface area contributed by atoms with Crippen LogP contribution in [0, 0.1) is 0 Å². The zero-order valence-electron chi connectivity index (χ0n) is 15.5. The smallest absolute Gasteiger partial charge is 0.356 e. The van der Waals surface area contributed by atoms with Gasteiger partial charge in [-0.15, -0.1) is 5.06 Å². The van der Waals surface area contributed by atoms with Gasteiger partial charge < -0.3 is 14.3 Å². The lowest BCUT2D eigenvalue weighted by molar-refractivity contribution is -0.182. The quantitative estimate of drug-likeness (QED) is 0.436. The molecule has 0 N–H and O–H groups in total. The summed E-state index contributed by atoms with van der Waals surface area (Å²) in [5.74, 6) is -1.94. The number of hydrogen-bond donors (Lipinski definition) is 0. The van der Waals surface area contributed by atoms with Crippen LogP contribution in [0.4, 0.5) is 0 Å². The van der Waals surface area contributed by atoms with Crippen LogP contribution in [0.1, 0.15) is 45.1 Å². The van der Waals surface area contributed by atoms with E-state index < -0.39 is 17.9 Å². The molecule has 0 bridgehead atoms. The average molecular weight is 385 g/mol. The van der Waals surface area contributed by atoms with E-state index in [-0.39, 0.29) is 17.4 Å². The third kappa shape index (κ3) is 4.85. The van der Waals surface area contributed by atoms with E-state index in [0.29, 0.717) is 18.4 Å². The highest BCUT2D eigenvalue weighted by molar-refractivity contribution is 5.89. The van der Waals surface area contributed by atoms with Gasteiger partial charge >= 0.3 is 17.9 Å². The highest BCUT2D eigenvalue weighted by atomic mass is 16.7. The van der Waals surface area contributed by atoms with Gasteiger partial charge in [-0.25, -0.2) is 4.79 Å². The highest BCUT2D eigenvalue weighted by Gasteiger charge is 2.34. The Labute approximate surface area is 161 Å². The van der Waals surface area contributed by atoms with Gasteiger partial charge in [-0.1, -0.05) is 6.07 Å². The van der Waals surface area contributed by atoms with Crippen molar-refractivity contribution in [2.75, 3.05) is 0 Å². The molecule has 0 aromatic heterocycles. The number of nitrogens with zero attached hydrogens (tertiary/aromatic N) is 1. The normalized spacial score (nSPS) is 15.8. The summed E-state index contributed by atoms with van der Waals surface area (Å²) in [6, 6.07) is 4.47. The number of benzene rings is 1. The van der Waals surface area contributed by atoms with Crippen LogP contribution in [0.3, 0.4) is 0 Å². The van der Waals surface area contributed by atoms with Crippen LogP contribution in [0.5, 0.6) is 11.5 Å². The molecule has 146 valence electrons. The number of esters is 2. The first-order valence-electron chi connectivity index (χ1n) is 8.78. The van der Waals surface area contributed by atoms with Gasteiger partial charge in [0.25, 0.3) is 5.91 Å². The Morgan fingerprint density at radius 2 is 1.64 bits per heavy atom. The van der Waals surface area contributed by atoms with Crippen molar-refractivity contribution in [2.24, 2.45) is 0 Å². The van der Waals surface area contributed by atoms with Crippen LogP contribution in [0.25, 0.3) is 6.08 Å². The number of rotatable bonds is 5. The third-order valence-corrected chi connectivity index (χ3v) is 4.02. The lowest BCUT2D eigenvalue weighted by Gasteiger charge is -2.15. The van der Waals surface area contributed by atoms with Gasteiger partial charge in [0.05, 0.1) is 5.70 Å². The fraction of sp³-hybridized carbons (Fsp3) is 0.300. The molecular formula is C20H19NO7. The van der Waals surface area contributed by atoms with Crippen molar-refractivity contribution in [3.05, 3.63) is 41.1 Å². The molecular weight excluding hydrogens is 366 g/mol. The van der Waals surface area contributed by atoms with E-state index in [1.807, 2.05) is 0 Å². The second-order valence-corrected chi connectivity index (χ2v) is 6.38. The lowest BCUT2D eigenvalue weighted by atomic mass is 10.2. The first-order valence-corrected chi connectivity index (χ1v) is 8.78. The standard InChI is InChI=1S/C20H19NO7/c1-12(22)26-17-8-3-14(11-18(17)27-13(2)23)4-10-20(25)28-21-16(15-5-6-15)7-9-19(21)24/h3-4,8,10-11H,5-7,9H2,1-2H3/b10-4+. The van der Waals surface area contributed by atoms with Crippen molar-refractivity contribution >= 4 is 29.9 Å². The molecule has 1 aromatic carbocycles. The fourth-order valence-electron chi connectivity index (χ4n) is 2.74. The molecule has 0 atom stereocenters. The van der Waals surface area contributed by atoms with Gasteiger partial charge in [-0.3, -0.25) is 14.4 Å². The second-order valence-electron chi connectivity index (χ2n) is 6.38. The number of carbonyl (C=O) groups excluding carboxylic acids is 4. The summed E-state index contributed by atoms with van der Waals surface area (Å²) < 4.78 is 10.0. The van der Waals surface area contributed by atoms with Crippen LogP contribution in [-0.4, -0.2) is 28.9 Å². The maximum Gasteiger partial charge on any atom is 0.356 e. The molecule has 1 saturated carbocycles. The van der Waals surface area contributed by atoms with E-state index in [0.717, 1.165) is 29.2 Å². The van der Waals surface area contributed by atoms with Crippen LogP contribution in [-0.2, 0) is 24.0 Å². The first-order chi connectivity index (χ1) is 13.3. The van der Waals surface area contributed by atoms with Crippen molar-refractivity contribution in [2.45, 2.75) is 39.5 Å². The van der Waals surface area contributed by atoms with Crippen molar-refractivity contribution in [1.29, 1.82) is 0 Å². The average Bonchev–Trinajstić information content (AvgIpc) is 3.39. The first kappa shape index (κ1) is 19.3. The van der Waals surface area contributed by atoms with Gasteiger partial charge in [-0.05, 0) is 42.2 Å². The lowest BCUT2D eigenvalue weighted by Crippen LogP contribution is -2.26. The molecule has 28 heavy (non-hydrogen) atoms. The van der Waals surface area contributed by atoms with Crippen molar-refractivity contribution in [1.82, 2.24) is 5.06 Å². The minimum absolute atomic E-state index is 0.0497. The highest BCUT2D eigenvalue weighted by Crippen LogP contribution is 2.38. The van der Waals surface area contributed by atoms with E-state index in [1.54, 1.807) is 6.07 Å². The summed E-state index contributed by atoms with van der Waals surface area (Å²) in [7, 11) is 0. The Kier molecular flexibility index (Phi) is 5.58. The largest absolute Gasteiger partial charge is 0.423 e. The molecule has 8 nitrogen and oxygen atoms in total. The van der Waals surface area contributed by atoms with Crippen molar-refractivity contribution < 1.29 is 33.5 Å². The molecule has 2 fully saturated rings. The summed E-state index contributed by atoms with van der Waals surface area (Å²) in [5, 5.41) is 1.09. The molecule has 1 aliphatic heterocycles. The molecule has 1 heterocycles. The molecule has 8 heteroatoms. The monoisotopic (exact) mass is 385 g/mol. The van der Waals surface area contributed by atoms with Gasteiger partial charge in [0, 0.05) is 32.8 Å². The van der Waals surface area contributed by atoms with Gasteiger partial charge in [0.15, 0.2) is 11.5 Å². The maximum atomic E-state index is 12.1. The summed E-state index contributed by atoms with van der Waals surface area (Å²) in [6.07, 6.45) is 5.39. The summed E-state index contributed by atoms with van der Waals surface area (Å²) in [5.41, 5.74) is 2.45. The van der Waals surface area contributed by atoms with Crippen LogP contribution in [0.2, 0.25) is 0 Å². The van der Waals surface area contributed by atoms with Crippen molar-refractivity contribution in [3.63, 3.8) is 0 Å². The Morgan fingerprint density at radius 1 is 0.964 bits per heavy atom. The Balaban J connectivity index is 1.71. The minimum atomic E-state index is -0.702. The summed E-state index contributed by atoms with van der Waals surface area (Å²) >= 11 is 0. The van der Waals surface area contributed by atoms with E-state index >= 15 is 0 Å². The van der Waals surface area contributed by atoms with E-state index in [4.69, 9.17) is 14.3 Å². The van der Waals surface area contributed by atoms with Crippen LogP contribution < -0.4 is 9.47 Å². The number of hydrogen-bond acceptors (Lipinski definition) is 7.